The quantitative estimate of drug-likeness (QED) is 0.0783. The summed E-state index contributed by atoms with van der Waals surface area (Å²) in [6, 6.07) is 14.3. The number of carbonyl (C=O) groups is 1. The van der Waals surface area contributed by atoms with Crippen LogP contribution in [0.2, 0.25) is 10.0 Å². The van der Waals surface area contributed by atoms with Crippen LogP contribution >= 0.6 is 23.2 Å². The number of hydrogen-bond donors (Lipinski definition) is 3. The number of amides is 1. The largest absolute Gasteiger partial charge is 0.428 e. The van der Waals surface area contributed by atoms with Crippen molar-refractivity contribution < 1.29 is 40.8 Å². The molecule has 1 heterocycles. The zero-order valence-electron chi connectivity index (χ0n) is 22.0. The van der Waals surface area contributed by atoms with Crippen molar-refractivity contribution in [2.45, 2.75) is 18.4 Å². The molecule has 0 saturated heterocycles. The van der Waals surface area contributed by atoms with Gasteiger partial charge in [0, 0.05) is 29.1 Å². The van der Waals surface area contributed by atoms with E-state index < -0.39 is 57.4 Å². The molecule has 4 aromatic rings. The van der Waals surface area contributed by atoms with Crippen LogP contribution < -0.4 is 16.3 Å². The minimum absolute atomic E-state index is 0.0745. The lowest BCUT2D eigenvalue weighted by molar-refractivity contribution is -0.269. The molecule has 1 aliphatic heterocycles. The maximum atomic E-state index is 14.5. The molecule has 1 aliphatic rings. The van der Waals surface area contributed by atoms with Crippen LogP contribution in [0.25, 0.3) is 16.5 Å². The van der Waals surface area contributed by atoms with E-state index in [2.05, 4.69) is 16.3 Å². The lowest BCUT2D eigenvalue weighted by Gasteiger charge is -2.28. The molecule has 1 unspecified atom stereocenters. The molecule has 0 bridgehead atoms. The number of alkyl halides is 3. The second kappa shape index (κ2) is 12.4. The number of hydroxylamine groups is 2. The summed E-state index contributed by atoms with van der Waals surface area (Å²) < 4.78 is 84.7. The van der Waals surface area contributed by atoms with E-state index in [4.69, 9.17) is 32.9 Å². The third kappa shape index (κ3) is 5.93. The van der Waals surface area contributed by atoms with Crippen molar-refractivity contribution in [2.24, 2.45) is 0 Å². The van der Waals surface area contributed by atoms with Crippen molar-refractivity contribution in [2.75, 3.05) is 0 Å². The van der Waals surface area contributed by atoms with Crippen molar-refractivity contribution in [3.05, 3.63) is 135 Å². The average Bonchev–Trinajstić information content (AvgIpc) is 3.45. The number of halogens is 8. The molecule has 4 aromatic carbocycles. The Hall–Kier alpha value is -4.23. The van der Waals surface area contributed by atoms with E-state index in [0.717, 1.165) is 30.3 Å². The zero-order valence-corrected chi connectivity index (χ0v) is 23.6. The molecule has 3 N–H and O–H groups in total. The third-order valence-corrected chi connectivity index (χ3v) is 7.24. The Labute approximate surface area is 255 Å². The Bertz CT molecular complexity index is 1770. The Morgan fingerprint density at radius 1 is 0.932 bits per heavy atom. The van der Waals surface area contributed by atoms with Crippen LogP contribution in [0, 0.1) is 17.5 Å². The van der Waals surface area contributed by atoms with Gasteiger partial charge in [0.2, 0.25) is 5.60 Å². The van der Waals surface area contributed by atoms with Gasteiger partial charge in [-0.25, -0.2) is 13.2 Å². The molecule has 0 aliphatic carbocycles. The highest BCUT2D eigenvalue weighted by Gasteiger charge is 2.60. The van der Waals surface area contributed by atoms with E-state index >= 15 is 0 Å². The molecule has 0 fully saturated rings. The fourth-order valence-corrected chi connectivity index (χ4v) is 5.03. The first-order valence-corrected chi connectivity index (χ1v) is 13.4. The van der Waals surface area contributed by atoms with Crippen molar-refractivity contribution in [1.29, 1.82) is 0 Å². The first kappa shape index (κ1) is 31.2. The van der Waals surface area contributed by atoms with Crippen LogP contribution in [0.3, 0.4) is 0 Å². The molecule has 1 atom stereocenters. The molecule has 0 radical (unpaired) electrons. The van der Waals surface area contributed by atoms with Gasteiger partial charge in [-0.05, 0) is 47.2 Å². The zero-order chi connectivity index (χ0) is 31.6. The van der Waals surface area contributed by atoms with Crippen LogP contribution in [0.1, 0.15) is 27.0 Å². The van der Waals surface area contributed by atoms with Gasteiger partial charge in [-0.2, -0.15) is 13.2 Å². The van der Waals surface area contributed by atoms with Crippen molar-refractivity contribution in [3.63, 3.8) is 0 Å². The molecular formula is C30H19Cl2F6N3O3. The average molecular weight is 654 g/mol. The van der Waals surface area contributed by atoms with Crippen LogP contribution in [-0.4, -0.2) is 12.1 Å². The van der Waals surface area contributed by atoms with Crippen LogP contribution in [-0.2, 0) is 21.9 Å². The Kier molecular flexibility index (Phi) is 8.80. The highest BCUT2D eigenvalue weighted by atomic mass is 35.5. The second-order valence-electron chi connectivity index (χ2n) is 9.37. The lowest BCUT2D eigenvalue weighted by atomic mass is 9.90. The minimum atomic E-state index is -5.02. The second-order valence-corrected chi connectivity index (χ2v) is 10.2. The fourth-order valence-electron chi connectivity index (χ4n) is 4.54. The van der Waals surface area contributed by atoms with Gasteiger partial charge in [0.05, 0.1) is 21.3 Å². The van der Waals surface area contributed by atoms with Gasteiger partial charge in [0.25, 0.3) is 5.91 Å². The maximum absolute atomic E-state index is 14.5. The molecule has 0 saturated carbocycles. The summed E-state index contributed by atoms with van der Waals surface area (Å²) in [4.78, 5) is 23.1. The van der Waals surface area contributed by atoms with Gasteiger partial charge in [0.1, 0.15) is 18.2 Å². The van der Waals surface area contributed by atoms with Gasteiger partial charge >= 0.3 is 6.18 Å². The van der Waals surface area contributed by atoms with Crippen molar-refractivity contribution in [3.8, 4) is 0 Å². The van der Waals surface area contributed by atoms with Crippen molar-refractivity contribution in [1.82, 2.24) is 16.3 Å². The summed E-state index contributed by atoms with van der Waals surface area (Å²) in [5, 5.41) is 2.08. The monoisotopic (exact) mass is 653 g/mol. The van der Waals surface area contributed by atoms with Crippen LogP contribution in [0.4, 0.5) is 26.3 Å². The molecule has 0 aromatic heterocycles. The summed E-state index contributed by atoms with van der Waals surface area (Å²) in [5.74, 6) is -3.19. The summed E-state index contributed by atoms with van der Waals surface area (Å²) in [7, 11) is 0. The van der Waals surface area contributed by atoms with Crippen molar-refractivity contribution >= 4 is 45.6 Å². The number of rotatable bonds is 8. The van der Waals surface area contributed by atoms with E-state index in [1.165, 1.54) is 30.6 Å². The normalized spacial score (nSPS) is 16.7. The summed E-state index contributed by atoms with van der Waals surface area (Å²) in [6.07, 6.45) is -1.86. The van der Waals surface area contributed by atoms with E-state index in [0.29, 0.717) is 10.8 Å². The van der Waals surface area contributed by atoms with E-state index in [1.807, 2.05) is 0 Å². The molecule has 1 amide bonds. The Balaban J connectivity index is 1.38. The molecule has 6 nitrogen and oxygen atoms in total. The lowest BCUT2D eigenvalue weighted by Crippen LogP contribution is -2.42. The predicted octanol–water partition coefficient (Wildman–Crippen LogP) is 7.82. The highest BCUT2D eigenvalue weighted by molar-refractivity contribution is 6.35. The number of nitrogens with one attached hydrogen (secondary N) is 3. The summed E-state index contributed by atoms with van der Waals surface area (Å²) in [6.45, 7) is -0.423. The SMILES string of the molecule is O=C(NC=CNOCc1c(F)cccc1F)c1ccc(C2=CC(c3cc(Cl)c(F)c(Cl)c3)(C(F)(F)F)ON2)c2ccccc12. The smallest absolute Gasteiger partial charge is 0.327 e. The van der Waals surface area contributed by atoms with Gasteiger partial charge in [0.15, 0.2) is 5.82 Å². The number of fused-ring (bicyclic) bond motifs is 1. The summed E-state index contributed by atoms with van der Waals surface area (Å²) >= 11 is 11.6. The number of benzene rings is 4. The first-order valence-electron chi connectivity index (χ1n) is 12.6. The van der Waals surface area contributed by atoms with E-state index in [1.54, 1.807) is 24.3 Å². The molecule has 44 heavy (non-hydrogen) atoms. The standard InChI is InChI=1S/C30H19Cl2F6N3O3/c31-22-12-16(13-23(32)27(22)35)29(30(36,37)38)14-26(41-44-29)19-8-9-20(18-5-2-1-4-17(18)19)28(42)39-10-11-40-43-15-21-24(33)6-3-7-25(21)34/h1-14,40-41H,15H2,(H,39,42). The third-order valence-electron chi connectivity index (χ3n) is 6.69. The molecular weight excluding hydrogens is 635 g/mol. The maximum Gasteiger partial charge on any atom is 0.428 e. The molecule has 228 valence electrons. The Morgan fingerprint density at radius 3 is 2.25 bits per heavy atom. The van der Waals surface area contributed by atoms with E-state index in [-0.39, 0.29) is 22.4 Å². The molecule has 14 heteroatoms. The minimum Gasteiger partial charge on any atom is -0.327 e. The van der Waals surface area contributed by atoms with Gasteiger partial charge in [-0.15, -0.1) is 0 Å². The number of hydrogen-bond acceptors (Lipinski definition) is 5. The Morgan fingerprint density at radius 2 is 1.59 bits per heavy atom. The van der Waals surface area contributed by atoms with Gasteiger partial charge < -0.3 is 5.32 Å². The first-order chi connectivity index (χ1) is 20.9. The molecule has 5 rings (SSSR count). The molecule has 0 spiro atoms. The van der Waals surface area contributed by atoms with Crippen LogP contribution in [0.15, 0.2) is 85.2 Å². The van der Waals surface area contributed by atoms with Gasteiger partial charge in [-0.1, -0.05) is 59.6 Å². The van der Waals surface area contributed by atoms with Gasteiger partial charge in [-0.3, -0.25) is 25.4 Å². The topological polar surface area (TPSA) is 71.6 Å². The number of carbonyl (C=O) groups excluding carboxylic acids is 1. The highest BCUT2D eigenvalue weighted by Crippen LogP contribution is 2.49. The summed E-state index contributed by atoms with van der Waals surface area (Å²) in [5.41, 5.74) is 1.15. The van der Waals surface area contributed by atoms with E-state index in [9.17, 15) is 31.1 Å². The van der Waals surface area contributed by atoms with Crippen LogP contribution in [0.5, 0.6) is 0 Å². The fraction of sp³-hybridized carbons (Fsp3) is 0.100. The predicted molar refractivity (Wildman–Crippen MR) is 151 cm³/mol.